The number of aliphatic hydroxyl groups excluding tert-OH is 1. The smallest absolute Gasteiger partial charge is 0.105 e. The highest BCUT2D eigenvalue weighted by Crippen LogP contribution is 2.53. The Morgan fingerprint density at radius 3 is 2.86 bits per heavy atom. The van der Waals surface area contributed by atoms with Crippen LogP contribution in [0.2, 0.25) is 0 Å². The predicted molar refractivity (Wildman–Crippen MR) is 80.7 cm³/mol. The van der Waals surface area contributed by atoms with E-state index in [-0.39, 0.29) is 17.6 Å². The van der Waals surface area contributed by atoms with Gasteiger partial charge in [0.25, 0.3) is 0 Å². The minimum absolute atomic E-state index is 0.0655. The summed E-state index contributed by atoms with van der Waals surface area (Å²) in [6.45, 7) is 0.434. The molecule has 110 valence electrons. The van der Waals surface area contributed by atoms with Gasteiger partial charge in [-0.2, -0.15) is 0 Å². The van der Waals surface area contributed by atoms with E-state index < -0.39 is 6.10 Å². The molecule has 0 aliphatic carbocycles. The third-order valence-corrected chi connectivity index (χ3v) is 5.18. The normalized spacial score (nSPS) is 32.7. The number of nitrogens with zero attached hydrogens (tertiary/aromatic N) is 1. The molecule has 1 aromatic heterocycles. The molecule has 0 amide bonds. The van der Waals surface area contributed by atoms with Gasteiger partial charge in [-0.1, -0.05) is 24.3 Å². The average molecular weight is 284 g/mol. The van der Waals surface area contributed by atoms with E-state index in [1.54, 1.807) is 0 Å². The molecule has 3 heterocycles. The molecule has 2 saturated heterocycles. The largest absolute Gasteiger partial charge is 0.386 e. The molecule has 1 aromatic carbocycles. The van der Waals surface area contributed by atoms with Crippen molar-refractivity contribution in [3.8, 4) is 0 Å². The van der Waals surface area contributed by atoms with Gasteiger partial charge in [-0.25, -0.2) is 0 Å². The first kappa shape index (κ1) is 13.2. The predicted octanol–water partition coefficient (Wildman–Crippen LogP) is 2.16. The first-order valence-electron chi connectivity index (χ1n) is 7.62. The molecular weight excluding hydrogens is 264 g/mol. The number of rotatable bonds is 3. The van der Waals surface area contributed by atoms with Gasteiger partial charge in [-0.05, 0) is 31.4 Å². The maximum atomic E-state index is 10.9. The van der Waals surface area contributed by atoms with Crippen LogP contribution in [0.15, 0.2) is 36.4 Å². The summed E-state index contributed by atoms with van der Waals surface area (Å²) >= 11 is 0. The second kappa shape index (κ2) is 4.77. The van der Waals surface area contributed by atoms with Gasteiger partial charge in [0.05, 0.1) is 23.4 Å². The molecule has 0 spiro atoms. The number of para-hydroxylation sites is 1. The quantitative estimate of drug-likeness (QED) is 0.906. The van der Waals surface area contributed by atoms with Gasteiger partial charge in [0, 0.05) is 17.3 Å². The molecule has 2 aliphatic rings. The molecule has 21 heavy (non-hydrogen) atoms. The zero-order valence-electron chi connectivity index (χ0n) is 11.9. The number of nitrogens with two attached hydrogens (primary N) is 1. The summed E-state index contributed by atoms with van der Waals surface area (Å²) in [7, 11) is 0. The zero-order chi connectivity index (χ0) is 14.4. The highest BCUT2D eigenvalue weighted by Gasteiger charge is 2.56. The Hall–Kier alpha value is -1.49. The van der Waals surface area contributed by atoms with Crippen LogP contribution in [0.25, 0.3) is 10.9 Å². The van der Waals surface area contributed by atoms with E-state index in [1.807, 2.05) is 36.4 Å². The number of ether oxygens (including phenoxy) is 1. The molecule has 2 bridgehead atoms. The van der Waals surface area contributed by atoms with Crippen LogP contribution in [0.5, 0.6) is 0 Å². The van der Waals surface area contributed by atoms with Crippen LogP contribution >= 0.6 is 0 Å². The van der Waals surface area contributed by atoms with Crippen molar-refractivity contribution in [1.82, 2.24) is 4.98 Å². The second-order valence-electron chi connectivity index (χ2n) is 6.30. The first-order chi connectivity index (χ1) is 10.2. The maximum Gasteiger partial charge on any atom is 0.105 e. The minimum atomic E-state index is -0.664. The number of pyridine rings is 1. The van der Waals surface area contributed by atoms with Crippen LogP contribution in [0.3, 0.4) is 0 Å². The molecule has 4 nitrogen and oxygen atoms in total. The van der Waals surface area contributed by atoms with E-state index >= 15 is 0 Å². The third-order valence-electron chi connectivity index (χ3n) is 5.18. The molecule has 4 rings (SSSR count). The SMILES string of the molecule is NCC1(C(O)c2ccc3ccccc3n2)CC2CCC1O2. The Labute approximate surface area is 123 Å². The summed E-state index contributed by atoms with van der Waals surface area (Å²) in [5.41, 5.74) is 7.27. The van der Waals surface area contributed by atoms with Gasteiger partial charge in [0.15, 0.2) is 0 Å². The summed E-state index contributed by atoms with van der Waals surface area (Å²) in [5.74, 6) is 0. The molecule has 2 aromatic rings. The van der Waals surface area contributed by atoms with Gasteiger partial charge in [0.1, 0.15) is 6.10 Å². The number of hydrogen-bond donors (Lipinski definition) is 2. The Morgan fingerprint density at radius 2 is 2.14 bits per heavy atom. The summed E-state index contributed by atoms with van der Waals surface area (Å²) in [6.07, 6.45) is 2.58. The van der Waals surface area contributed by atoms with E-state index in [4.69, 9.17) is 10.5 Å². The lowest BCUT2D eigenvalue weighted by molar-refractivity contribution is -0.0283. The molecule has 2 fully saturated rings. The Kier molecular flexibility index (Phi) is 2.99. The highest BCUT2D eigenvalue weighted by molar-refractivity contribution is 5.78. The lowest BCUT2D eigenvalue weighted by Gasteiger charge is -2.38. The third kappa shape index (κ3) is 1.90. The van der Waals surface area contributed by atoms with E-state index in [1.165, 1.54) is 0 Å². The Balaban J connectivity index is 1.73. The van der Waals surface area contributed by atoms with E-state index in [0.717, 1.165) is 30.2 Å². The Bertz CT molecular complexity index is 675. The summed E-state index contributed by atoms with van der Waals surface area (Å²) in [4.78, 5) is 4.64. The average Bonchev–Trinajstić information content (AvgIpc) is 3.15. The van der Waals surface area contributed by atoms with Gasteiger partial charge in [-0.3, -0.25) is 4.98 Å². The fraction of sp³-hybridized carbons (Fsp3) is 0.471. The lowest BCUT2D eigenvalue weighted by atomic mass is 9.69. The molecule has 4 atom stereocenters. The molecule has 4 unspecified atom stereocenters. The van der Waals surface area contributed by atoms with Gasteiger partial charge < -0.3 is 15.6 Å². The molecule has 2 aliphatic heterocycles. The lowest BCUT2D eigenvalue weighted by Crippen LogP contribution is -2.44. The van der Waals surface area contributed by atoms with Crippen molar-refractivity contribution < 1.29 is 9.84 Å². The van der Waals surface area contributed by atoms with Crippen molar-refractivity contribution >= 4 is 10.9 Å². The van der Waals surface area contributed by atoms with Gasteiger partial charge in [0.2, 0.25) is 0 Å². The van der Waals surface area contributed by atoms with Crippen molar-refractivity contribution in [3.05, 3.63) is 42.1 Å². The molecule has 4 heteroatoms. The molecular formula is C17H20N2O2. The van der Waals surface area contributed by atoms with E-state index in [2.05, 4.69) is 4.98 Å². The van der Waals surface area contributed by atoms with Crippen molar-refractivity contribution in [2.75, 3.05) is 6.54 Å². The monoisotopic (exact) mass is 284 g/mol. The molecule has 0 radical (unpaired) electrons. The number of aromatic nitrogens is 1. The van der Waals surface area contributed by atoms with Crippen LogP contribution in [-0.2, 0) is 4.74 Å². The van der Waals surface area contributed by atoms with E-state index in [9.17, 15) is 5.11 Å². The van der Waals surface area contributed by atoms with Gasteiger partial charge >= 0.3 is 0 Å². The maximum absolute atomic E-state index is 10.9. The fourth-order valence-corrected chi connectivity index (χ4v) is 3.98. The summed E-state index contributed by atoms with van der Waals surface area (Å²) < 4.78 is 5.94. The second-order valence-corrected chi connectivity index (χ2v) is 6.30. The molecule has 3 N–H and O–H groups in total. The number of fused-ring (bicyclic) bond motifs is 3. The van der Waals surface area contributed by atoms with Crippen LogP contribution < -0.4 is 5.73 Å². The zero-order valence-corrected chi connectivity index (χ0v) is 11.9. The fourth-order valence-electron chi connectivity index (χ4n) is 3.98. The topological polar surface area (TPSA) is 68.4 Å². The van der Waals surface area contributed by atoms with E-state index in [0.29, 0.717) is 12.2 Å². The Morgan fingerprint density at radius 1 is 1.29 bits per heavy atom. The minimum Gasteiger partial charge on any atom is -0.386 e. The summed E-state index contributed by atoms with van der Waals surface area (Å²) in [5, 5.41) is 12.0. The first-order valence-corrected chi connectivity index (χ1v) is 7.62. The van der Waals surface area contributed by atoms with Crippen LogP contribution in [0.1, 0.15) is 31.1 Å². The van der Waals surface area contributed by atoms with Crippen molar-refractivity contribution in [2.45, 2.75) is 37.6 Å². The standard InChI is InChI=1S/C17H20N2O2/c18-10-17(9-12-6-8-15(17)21-12)16(20)14-7-5-11-3-1-2-4-13(11)19-14/h1-5,7,12,15-16,20H,6,8-10,18H2. The highest BCUT2D eigenvalue weighted by atomic mass is 16.5. The van der Waals surface area contributed by atoms with Crippen molar-refractivity contribution in [2.24, 2.45) is 11.1 Å². The van der Waals surface area contributed by atoms with Crippen LogP contribution in [-0.4, -0.2) is 28.8 Å². The van der Waals surface area contributed by atoms with Crippen molar-refractivity contribution in [3.63, 3.8) is 0 Å². The summed E-state index contributed by atoms with van der Waals surface area (Å²) in [6, 6.07) is 11.9. The number of hydrogen-bond acceptors (Lipinski definition) is 4. The number of aliphatic hydroxyl groups is 1. The van der Waals surface area contributed by atoms with Gasteiger partial charge in [-0.15, -0.1) is 0 Å². The number of benzene rings is 1. The van der Waals surface area contributed by atoms with Crippen LogP contribution in [0, 0.1) is 5.41 Å². The molecule has 0 saturated carbocycles. The van der Waals surface area contributed by atoms with Crippen LogP contribution in [0.4, 0.5) is 0 Å². The van der Waals surface area contributed by atoms with Crippen molar-refractivity contribution in [1.29, 1.82) is 0 Å².